The Labute approximate surface area is 152 Å². The lowest BCUT2D eigenvalue weighted by Gasteiger charge is -2.21. The largest absolute Gasteiger partial charge is 0.453 e. The van der Waals surface area contributed by atoms with Gasteiger partial charge in [0.25, 0.3) is 0 Å². The number of fused-ring (bicyclic) bond motifs is 1. The van der Waals surface area contributed by atoms with E-state index in [0.29, 0.717) is 23.4 Å². The third-order valence-electron chi connectivity index (χ3n) is 4.40. The van der Waals surface area contributed by atoms with Gasteiger partial charge in [0.05, 0.1) is 11.9 Å². The van der Waals surface area contributed by atoms with Crippen LogP contribution in [-0.2, 0) is 28.2 Å². The summed E-state index contributed by atoms with van der Waals surface area (Å²) < 4.78 is 32.0. The lowest BCUT2D eigenvalue weighted by atomic mass is 10.0. The van der Waals surface area contributed by atoms with Crippen LogP contribution in [0.1, 0.15) is 33.3 Å². The van der Waals surface area contributed by atoms with Crippen molar-refractivity contribution in [2.24, 2.45) is 7.05 Å². The minimum Gasteiger partial charge on any atom is -0.453 e. The molecule has 0 unspecified atom stereocenters. The van der Waals surface area contributed by atoms with Gasteiger partial charge in [-0.3, -0.25) is 9.10 Å². The molecule has 1 aromatic heterocycles. The first-order valence-corrected chi connectivity index (χ1v) is 9.97. The lowest BCUT2D eigenvalue weighted by Crippen LogP contribution is -2.34. The number of sulfonamides is 1. The Bertz CT molecular complexity index is 977. The molecule has 0 fully saturated rings. The molecule has 1 aromatic carbocycles. The van der Waals surface area contributed by atoms with Gasteiger partial charge in [-0.25, -0.2) is 13.2 Å². The van der Waals surface area contributed by atoms with Crippen molar-refractivity contribution < 1.29 is 22.7 Å². The van der Waals surface area contributed by atoms with E-state index < -0.39 is 16.0 Å². The van der Waals surface area contributed by atoms with E-state index in [-0.39, 0.29) is 18.4 Å². The third-order valence-corrected chi connectivity index (χ3v) is 5.67. The zero-order chi connectivity index (χ0) is 19.1. The molecule has 7 nitrogen and oxygen atoms in total. The highest BCUT2D eigenvalue weighted by molar-refractivity contribution is 7.92. The number of hydrogen-bond donors (Lipinski definition) is 0. The van der Waals surface area contributed by atoms with Crippen molar-refractivity contribution in [1.82, 2.24) is 4.57 Å². The molecule has 8 heteroatoms. The van der Waals surface area contributed by atoms with Crippen molar-refractivity contribution in [3.05, 3.63) is 53.3 Å². The topological polar surface area (TPSA) is 85.7 Å². The fraction of sp³-hybridized carbons (Fsp3) is 0.333. The van der Waals surface area contributed by atoms with Gasteiger partial charge in [0.15, 0.2) is 12.4 Å². The zero-order valence-electron chi connectivity index (χ0n) is 14.8. The number of nitrogens with zero attached hydrogens (tertiary/aromatic N) is 2. The Balaban J connectivity index is 1.73. The van der Waals surface area contributed by atoms with E-state index in [4.69, 9.17) is 4.74 Å². The number of ketones is 1. The summed E-state index contributed by atoms with van der Waals surface area (Å²) in [7, 11) is -1.66. The lowest BCUT2D eigenvalue weighted by molar-refractivity contribution is 0.0465. The van der Waals surface area contributed by atoms with Crippen LogP contribution in [0.15, 0.2) is 36.5 Å². The van der Waals surface area contributed by atoms with Crippen LogP contribution in [-0.4, -0.2) is 43.6 Å². The first-order chi connectivity index (χ1) is 12.2. The van der Waals surface area contributed by atoms with Gasteiger partial charge in [-0.2, -0.15) is 0 Å². The van der Waals surface area contributed by atoms with E-state index >= 15 is 0 Å². The molecule has 1 aliphatic rings. The highest BCUT2D eigenvalue weighted by atomic mass is 32.2. The molecule has 2 aromatic rings. The Morgan fingerprint density at radius 1 is 1.27 bits per heavy atom. The van der Waals surface area contributed by atoms with Gasteiger partial charge in [-0.05, 0) is 49.2 Å². The maximum atomic E-state index is 12.3. The van der Waals surface area contributed by atoms with Gasteiger partial charge < -0.3 is 9.30 Å². The van der Waals surface area contributed by atoms with Crippen molar-refractivity contribution in [1.29, 1.82) is 0 Å². The molecule has 0 saturated carbocycles. The third kappa shape index (κ3) is 3.37. The van der Waals surface area contributed by atoms with Crippen molar-refractivity contribution in [2.75, 3.05) is 17.2 Å². The standard InChI is InChI=1S/C18H20N2O5S/c1-12-9-14-10-13(6-7-15(14)20(12)26(3,23)24)17(21)11-25-18(22)16-5-4-8-19(16)2/h4-8,10,12H,9,11H2,1-3H3/t12-/m1/s1. The van der Waals surface area contributed by atoms with Crippen molar-refractivity contribution >= 4 is 27.5 Å². The SMILES string of the molecule is C[C@@H]1Cc2cc(C(=O)COC(=O)c3cccn3C)ccc2N1S(C)(=O)=O. The Kier molecular flexibility index (Phi) is 4.62. The molecule has 0 amide bonds. The van der Waals surface area contributed by atoms with Crippen LogP contribution in [0.25, 0.3) is 0 Å². The van der Waals surface area contributed by atoms with E-state index in [0.717, 1.165) is 5.56 Å². The van der Waals surface area contributed by atoms with Crippen molar-refractivity contribution in [3.63, 3.8) is 0 Å². The molecule has 0 saturated heterocycles. The van der Waals surface area contributed by atoms with Crippen LogP contribution in [0.3, 0.4) is 0 Å². The second-order valence-corrected chi connectivity index (χ2v) is 8.32. The second kappa shape index (κ2) is 6.60. The average Bonchev–Trinajstić information content (AvgIpc) is 3.13. The quantitative estimate of drug-likeness (QED) is 0.586. The normalized spacial score (nSPS) is 16.4. The van der Waals surface area contributed by atoms with Gasteiger partial charge in [-0.15, -0.1) is 0 Å². The molecule has 1 atom stereocenters. The predicted octanol–water partition coefficient (Wildman–Crippen LogP) is 1.78. The van der Waals surface area contributed by atoms with Gasteiger partial charge in [0.1, 0.15) is 5.69 Å². The number of esters is 1. The van der Waals surface area contributed by atoms with Gasteiger partial charge in [0.2, 0.25) is 10.0 Å². The highest BCUT2D eigenvalue weighted by Crippen LogP contribution is 2.34. The number of aromatic nitrogens is 1. The van der Waals surface area contributed by atoms with Crippen LogP contribution in [0.2, 0.25) is 0 Å². The van der Waals surface area contributed by atoms with Crippen molar-refractivity contribution in [3.8, 4) is 0 Å². The number of carbonyl (C=O) groups excluding carboxylic acids is 2. The monoisotopic (exact) mass is 376 g/mol. The van der Waals surface area contributed by atoms with Crippen molar-refractivity contribution in [2.45, 2.75) is 19.4 Å². The summed E-state index contributed by atoms with van der Waals surface area (Å²) in [4.78, 5) is 24.3. The molecular formula is C18H20N2O5S. The fourth-order valence-electron chi connectivity index (χ4n) is 3.24. The van der Waals surface area contributed by atoms with Crippen LogP contribution in [0.4, 0.5) is 5.69 Å². The van der Waals surface area contributed by atoms with Gasteiger partial charge >= 0.3 is 5.97 Å². The molecular weight excluding hydrogens is 356 g/mol. The van der Waals surface area contributed by atoms with Crippen LogP contribution in [0, 0.1) is 0 Å². The van der Waals surface area contributed by atoms with Crippen LogP contribution >= 0.6 is 0 Å². The number of rotatable bonds is 5. The molecule has 0 bridgehead atoms. The molecule has 3 rings (SSSR count). The first kappa shape index (κ1) is 18.2. The van der Waals surface area contributed by atoms with Gasteiger partial charge in [0, 0.05) is 24.8 Å². The predicted molar refractivity (Wildman–Crippen MR) is 97.0 cm³/mol. The molecule has 26 heavy (non-hydrogen) atoms. The van der Waals surface area contributed by atoms with Gasteiger partial charge in [-0.1, -0.05) is 0 Å². The number of anilines is 1. The molecule has 2 heterocycles. The number of Topliss-reactive ketones (excluding diaryl/α,β-unsaturated/α-hetero) is 1. The van der Waals surface area contributed by atoms with E-state index in [1.165, 1.54) is 10.6 Å². The second-order valence-electron chi connectivity index (χ2n) is 6.46. The summed E-state index contributed by atoms with van der Waals surface area (Å²) in [6.07, 6.45) is 3.42. The number of ether oxygens (including phenoxy) is 1. The molecule has 138 valence electrons. The number of carbonyl (C=O) groups is 2. The zero-order valence-corrected chi connectivity index (χ0v) is 15.6. The Morgan fingerprint density at radius 2 is 2.00 bits per heavy atom. The van der Waals surface area contributed by atoms with E-state index in [2.05, 4.69) is 0 Å². The maximum absolute atomic E-state index is 12.3. The average molecular weight is 376 g/mol. The summed E-state index contributed by atoms with van der Waals surface area (Å²) in [6, 6.07) is 8.01. The minimum absolute atomic E-state index is 0.194. The van der Waals surface area contributed by atoms with E-state index in [1.807, 2.05) is 6.92 Å². The number of benzene rings is 1. The fourth-order valence-corrected chi connectivity index (χ4v) is 4.51. The number of hydrogen-bond acceptors (Lipinski definition) is 5. The highest BCUT2D eigenvalue weighted by Gasteiger charge is 2.32. The van der Waals surface area contributed by atoms with Crippen LogP contribution in [0.5, 0.6) is 0 Å². The summed E-state index contributed by atoms with van der Waals surface area (Å²) in [6.45, 7) is 1.46. The number of aryl methyl sites for hydroxylation is 1. The molecule has 1 aliphatic heterocycles. The van der Waals surface area contributed by atoms with Crippen LogP contribution < -0.4 is 4.31 Å². The Hall–Kier alpha value is -2.61. The molecule has 0 radical (unpaired) electrons. The van der Waals surface area contributed by atoms with E-state index in [9.17, 15) is 18.0 Å². The van der Waals surface area contributed by atoms with E-state index in [1.54, 1.807) is 48.1 Å². The minimum atomic E-state index is -3.37. The molecule has 0 spiro atoms. The molecule has 0 aliphatic carbocycles. The Morgan fingerprint density at radius 3 is 2.62 bits per heavy atom. The summed E-state index contributed by atoms with van der Waals surface area (Å²) in [5, 5.41) is 0. The summed E-state index contributed by atoms with van der Waals surface area (Å²) in [5.74, 6) is -0.898. The maximum Gasteiger partial charge on any atom is 0.355 e. The summed E-state index contributed by atoms with van der Waals surface area (Å²) in [5.41, 5.74) is 2.15. The smallest absolute Gasteiger partial charge is 0.355 e. The first-order valence-electron chi connectivity index (χ1n) is 8.12. The molecule has 0 N–H and O–H groups in total. The summed E-state index contributed by atoms with van der Waals surface area (Å²) >= 11 is 0.